The Morgan fingerprint density at radius 2 is 1.81 bits per heavy atom. The van der Waals surface area contributed by atoms with Crippen LogP contribution in [0.2, 0.25) is 0 Å². The third kappa shape index (κ3) is 3.60. The fourth-order valence-corrected chi connectivity index (χ4v) is 4.19. The van der Waals surface area contributed by atoms with Crippen molar-refractivity contribution >= 4 is 17.5 Å². The van der Waals surface area contributed by atoms with E-state index in [1.54, 1.807) is 4.90 Å². The van der Waals surface area contributed by atoms with Crippen LogP contribution >= 0.6 is 0 Å². The molecule has 0 unspecified atom stereocenters. The van der Waals surface area contributed by atoms with Crippen molar-refractivity contribution in [3.05, 3.63) is 18.2 Å². The van der Waals surface area contributed by atoms with Gasteiger partial charge in [0, 0.05) is 36.8 Å². The summed E-state index contributed by atoms with van der Waals surface area (Å²) in [6.07, 6.45) is 3.58. The molecule has 146 valence electrons. The summed E-state index contributed by atoms with van der Waals surface area (Å²) in [5.74, 6) is 0.900. The molecular formula is C20H27N3O4. The molecule has 7 nitrogen and oxygen atoms in total. The lowest BCUT2D eigenvalue weighted by molar-refractivity contribution is -0.133. The largest absolute Gasteiger partial charge is 0.486 e. The van der Waals surface area contributed by atoms with Crippen LogP contribution in [0.3, 0.4) is 0 Å². The van der Waals surface area contributed by atoms with E-state index in [4.69, 9.17) is 9.47 Å². The van der Waals surface area contributed by atoms with Crippen molar-refractivity contribution in [2.45, 2.75) is 51.6 Å². The molecule has 3 aliphatic heterocycles. The van der Waals surface area contributed by atoms with Crippen LogP contribution in [0.4, 0.5) is 5.69 Å². The van der Waals surface area contributed by atoms with Crippen LogP contribution < -0.4 is 19.8 Å². The minimum atomic E-state index is -0.341. The number of hydrazine groups is 1. The molecule has 7 heteroatoms. The molecule has 27 heavy (non-hydrogen) atoms. The van der Waals surface area contributed by atoms with E-state index in [1.165, 1.54) is 6.42 Å². The van der Waals surface area contributed by atoms with E-state index in [0.717, 1.165) is 18.5 Å². The molecule has 0 aliphatic carbocycles. The fraction of sp³-hybridized carbons (Fsp3) is 0.600. The van der Waals surface area contributed by atoms with E-state index in [0.29, 0.717) is 43.3 Å². The standard InChI is InChI=1S/C20H27N3O4/c1-13-4-3-5-14(2)23(13)21-20(25)15-10-19(24)22(12-15)16-6-7-17-18(11-16)27-9-8-26-17/h6-7,11,13-15H,3-5,8-10,12H2,1-2H3,(H,21,25)/t13-,14-,15-/m1/s1. The average Bonchev–Trinajstić information content (AvgIpc) is 3.06. The number of rotatable bonds is 3. The first-order valence-corrected chi connectivity index (χ1v) is 9.82. The van der Waals surface area contributed by atoms with E-state index in [9.17, 15) is 9.59 Å². The van der Waals surface area contributed by atoms with Gasteiger partial charge in [-0.05, 0) is 38.8 Å². The molecule has 1 N–H and O–H groups in total. The molecule has 0 aromatic heterocycles. The first-order chi connectivity index (χ1) is 13.0. The monoisotopic (exact) mass is 373 g/mol. The second kappa shape index (κ2) is 7.38. The van der Waals surface area contributed by atoms with Gasteiger partial charge in [0.05, 0.1) is 5.92 Å². The molecule has 4 rings (SSSR count). The number of hydrogen-bond acceptors (Lipinski definition) is 5. The zero-order chi connectivity index (χ0) is 19.0. The lowest BCUT2D eigenvalue weighted by atomic mass is 9.99. The predicted molar refractivity (Wildman–Crippen MR) is 101 cm³/mol. The Balaban J connectivity index is 1.43. The molecular weight excluding hydrogens is 346 g/mol. The Bertz CT molecular complexity index is 728. The Hall–Kier alpha value is -2.28. The maximum Gasteiger partial charge on any atom is 0.239 e. The molecule has 0 radical (unpaired) electrons. The number of fused-ring (bicyclic) bond motifs is 1. The van der Waals surface area contributed by atoms with Gasteiger partial charge < -0.3 is 14.4 Å². The Morgan fingerprint density at radius 3 is 2.56 bits per heavy atom. The van der Waals surface area contributed by atoms with E-state index in [2.05, 4.69) is 24.3 Å². The van der Waals surface area contributed by atoms with Crippen LogP contribution in [-0.2, 0) is 9.59 Å². The number of ether oxygens (including phenoxy) is 2. The lowest BCUT2D eigenvalue weighted by Crippen LogP contribution is -2.55. The van der Waals surface area contributed by atoms with Crippen molar-refractivity contribution in [2.75, 3.05) is 24.7 Å². The Kier molecular flexibility index (Phi) is 4.95. The second-order valence-electron chi connectivity index (χ2n) is 7.75. The molecule has 1 aromatic rings. The summed E-state index contributed by atoms with van der Waals surface area (Å²) in [7, 11) is 0. The summed E-state index contributed by atoms with van der Waals surface area (Å²) < 4.78 is 11.1. The summed E-state index contributed by atoms with van der Waals surface area (Å²) in [6.45, 7) is 5.70. The molecule has 0 bridgehead atoms. The molecule has 1 aromatic carbocycles. The molecule has 0 spiro atoms. The van der Waals surface area contributed by atoms with Crippen molar-refractivity contribution in [1.82, 2.24) is 10.4 Å². The van der Waals surface area contributed by atoms with Crippen LogP contribution in [0, 0.1) is 5.92 Å². The van der Waals surface area contributed by atoms with Gasteiger partial charge in [-0.25, -0.2) is 5.01 Å². The molecule has 0 saturated carbocycles. The highest BCUT2D eigenvalue weighted by Crippen LogP contribution is 2.36. The maximum atomic E-state index is 12.8. The number of nitrogens with zero attached hydrogens (tertiary/aromatic N) is 2. The highest BCUT2D eigenvalue weighted by molar-refractivity contribution is 6.00. The normalized spacial score (nSPS) is 28.3. The number of anilines is 1. The lowest BCUT2D eigenvalue weighted by Gasteiger charge is -2.39. The van der Waals surface area contributed by atoms with E-state index >= 15 is 0 Å². The number of hydrogen-bond donors (Lipinski definition) is 1. The van der Waals surface area contributed by atoms with Gasteiger partial charge in [0.15, 0.2) is 11.5 Å². The van der Waals surface area contributed by atoms with Crippen LogP contribution in [0.15, 0.2) is 18.2 Å². The van der Waals surface area contributed by atoms with Gasteiger partial charge in [0.1, 0.15) is 13.2 Å². The van der Waals surface area contributed by atoms with Gasteiger partial charge in [0.2, 0.25) is 11.8 Å². The van der Waals surface area contributed by atoms with Crippen LogP contribution in [0.1, 0.15) is 39.5 Å². The molecule has 3 atom stereocenters. The van der Waals surface area contributed by atoms with E-state index in [-0.39, 0.29) is 24.2 Å². The minimum absolute atomic E-state index is 0.0356. The highest BCUT2D eigenvalue weighted by Gasteiger charge is 2.37. The maximum absolute atomic E-state index is 12.8. The number of nitrogens with one attached hydrogen (secondary N) is 1. The van der Waals surface area contributed by atoms with E-state index in [1.807, 2.05) is 18.2 Å². The Labute approximate surface area is 159 Å². The Morgan fingerprint density at radius 1 is 1.11 bits per heavy atom. The van der Waals surface area contributed by atoms with Crippen molar-refractivity contribution in [3.63, 3.8) is 0 Å². The molecule has 3 heterocycles. The number of piperidine rings is 1. The quantitative estimate of drug-likeness (QED) is 0.879. The summed E-state index contributed by atoms with van der Waals surface area (Å²) in [5, 5.41) is 2.06. The molecule has 2 amide bonds. The SMILES string of the molecule is C[C@@H]1CCC[C@@H](C)N1NC(=O)[C@@H]1CC(=O)N(c2ccc3c(c2)OCCO3)C1. The summed E-state index contributed by atoms with van der Waals surface area (Å²) in [6, 6.07) is 6.14. The number of benzene rings is 1. The van der Waals surface area contributed by atoms with Gasteiger partial charge in [-0.3, -0.25) is 15.0 Å². The van der Waals surface area contributed by atoms with Crippen molar-refractivity contribution < 1.29 is 19.1 Å². The average molecular weight is 373 g/mol. The van der Waals surface area contributed by atoms with Gasteiger partial charge >= 0.3 is 0 Å². The molecule has 3 aliphatic rings. The fourth-order valence-electron chi connectivity index (χ4n) is 4.19. The van der Waals surface area contributed by atoms with E-state index < -0.39 is 0 Å². The zero-order valence-electron chi connectivity index (χ0n) is 15.9. The van der Waals surface area contributed by atoms with Crippen LogP contribution in [-0.4, -0.2) is 48.7 Å². The summed E-state index contributed by atoms with van der Waals surface area (Å²) >= 11 is 0. The van der Waals surface area contributed by atoms with Crippen molar-refractivity contribution in [1.29, 1.82) is 0 Å². The van der Waals surface area contributed by atoms with Crippen molar-refractivity contribution in [2.24, 2.45) is 5.92 Å². The van der Waals surface area contributed by atoms with Gasteiger partial charge in [-0.1, -0.05) is 6.42 Å². The van der Waals surface area contributed by atoms with Gasteiger partial charge in [0.25, 0.3) is 0 Å². The van der Waals surface area contributed by atoms with Crippen LogP contribution in [0.5, 0.6) is 11.5 Å². The molecule has 2 fully saturated rings. The number of carbonyl (C=O) groups excluding carboxylic acids is 2. The first kappa shape index (κ1) is 18.1. The first-order valence-electron chi connectivity index (χ1n) is 9.82. The molecule has 2 saturated heterocycles. The van der Waals surface area contributed by atoms with Crippen molar-refractivity contribution in [3.8, 4) is 11.5 Å². The smallest absolute Gasteiger partial charge is 0.239 e. The highest BCUT2D eigenvalue weighted by atomic mass is 16.6. The van der Waals surface area contributed by atoms with Gasteiger partial charge in [-0.2, -0.15) is 0 Å². The van der Waals surface area contributed by atoms with Crippen LogP contribution in [0.25, 0.3) is 0 Å². The second-order valence-corrected chi connectivity index (χ2v) is 7.75. The summed E-state index contributed by atoms with van der Waals surface area (Å²) in [5.41, 5.74) is 3.82. The topological polar surface area (TPSA) is 71.1 Å². The minimum Gasteiger partial charge on any atom is -0.486 e. The number of carbonyl (C=O) groups is 2. The predicted octanol–water partition coefficient (Wildman–Crippen LogP) is 2.10. The third-order valence-electron chi connectivity index (χ3n) is 5.77. The zero-order valence-corrected chi connectivity index (χ0v) is 15.9. The third-order valence-corrected chi connectivity index (χ3v) is 5.77. The van der Waals surface area contributed by atoms with Gasteiger partial charge in [-0.15, -0.1) is 0 Å². The number of amides is 2. The summed E-state index contributed by atoms with van der Waals surface area (Å²) in [4.78, 5) is 27.0.